The van der Waals surface area contributed by atoms with Gasteiger partial charge < -0.3 is 9.64 Å². The zero-order chi connectivity index (χ0) is 19.6. The van der Waals surface area contributed by atoms with Crippen molar-refractivity contribution in [1.29, 1.82) is 0 Å². The molecule has 0 spiro atoms. The summed E-state index contributed by atoms with van der Waals surface area (Å²) in [5.74, 6) is 0.809. The maximum atomic E-state index is 13.1. The molecule has 7 heteroatoms. The third-order valence-corrected chi connectivity index (χ3v) is 5.85. The highest BCUT2D eigenvalue weighted by molar-refractivity contribution is 7.17. The average Bonchev–Trinajstić information content (AvgIpc) is 3.08. The molecule has 0 aliphatic carbocycles. The third kappa shape index (κ3) is 3.70. The fourth-order valence-electron chi connectivity index (χ4n) is 3.30. The second kappa shape index (κ2) is 8.10. The number of H-pyrrole nitrogens is 1. The second-order valence-electron chi connectivity index (χ2n) is 6.45. The lowest BCUT2D eigenvalue weighted by Gasteiger charge is -2.18. The summed E-state index contributed by atoms with van der Waals surface area (Å²) in [6.45, 7) is 8.94. The molecular weight excluding hydrogens is 362 g/mol. The molecule has 3 rings (SSSR count). The summed E-state index contributed by atoms with van der Waals surface area (Å²) >= 11 is 1.38. The van der Waals surface area contributed by atoms with Gasteiger partial charge in [-0.2, -0.15) is 0 Å². The van der Waals surface area contributed by atoms with Gasteiger partial charge in [-0.05, 0) is 43.3 Å². The van der Waals surface area contributed by atoms with E-state index in [4.69, 9.17) is 4.74 Å². The summed E-state index contributed by atoms with van der Waals surface area (Å²) in [4.78, 5) is 31.2. The van der Waals surface area contributed by atoms with Gasteiger partial charge in [0.25, 0.3) is 5.56 Å². The van der Waals surface area contributed by atoms with Crippen LogP contribution in [-0.4, -0.2) is 41.2 Å². The highest BCUT2D eigenvalue weighted by Crippen LogP contribution is 2.32. The number of benzene rings is 1. The van der Waals surface area contributed by atoms with Gasteiger partial charge in [-0.3, -0.25) is 14.3 Å². The molecule has 0 fully saturated rings. The molecule has 27 heavy (non-hydrogen) atoms. The number of methoxy groups -OCH3 is 1. The minimum absolute atomic E-state index is 0.231. The number of aromatic amines is 1. The number of likely N-dealkylation sites (N-methyl/N-ethyl adjacent to an activating group) is 1. The molecule has 1 N–H and O–H groups in total. The molecule has 0 amide bonds. The lowest BCUT2D eigenvalue weighted by molar-refractivity contribution is 0.287. The first-order valence-corrected chi connectivity index (χ1v) is 9.99. The van der Waals surface area contributed by atoms with Gasteiger partial charge in [0.1, 0.15) is 10.6 Å². The van der Waals surface area contributed by atoms with E-state index in [0.717, 1.165) is 35.5 Å². The summed E-state index contributed by atoms with van der Waals surface area (Å²) < 4.78 is 6.64. The van der Waals surface area contributed by atoms with Gasteiger partial charge >= 0.3 is 5.69 Å². The van der Waals surface area contributed by atoms with Crippen LogP contribution in [0.2, 0.25) is 0 Å². The molecule has 0 atom stereocenters. The number of rotatable bonds is 7. The Balaban J connectivity index is 2.09. The Hall–Kier alpha value is -2.38. The summed E-state index contributed by atoms with van der Waals surface area (Å²) in [5.41, 5.74) is 2.21. The van der Waals surface area contributed by atoms with Crippen molar-refractivity contribution >= 4 is 21.6 Å². The summed E-state index contributed by atoms with van der Waals surface area (Å²) in [7, 11) is 1.64. The minimum atomic E-state index is -0.348. The predicted octanol–water partition coefficient (Wildman–Crippen LogP) is 3.08. The van der Waals surface area contributed by atoms with Crippen molar-refractivity contribution in [2.75, 3.05) is 26.7 Å². The van der Waals surface area contributed by atoms with E-state index in [1.165, 1.54) is 15.9 Å². The van der Waals surface area contributed by atoms with Crippen molar-refractivity contribution in [2.45, 2.75) is 27.3 Å². The van der Waals surface area contributed by atoms with Crippen LogP contribution in [0.5, 0.6) is 5.75 Å². The molecule has 0 saturated heterocycles. The second-order valence-corrected chi connectivity index (χ2v) is 7.33. The van der Waals surface area contributed by atoms with Gasteiger partial charge in [-0.25, -0.2) is 4.79 Å². The Labute approximate surface area is 162 Å². The molecule has 2 aromatic heterocycles. The van der Waals surface area contributed by atoms with E-state index in [0.29, 0.717) is 23.3 Å². The van der Waals surface area contributed by atoms with Crippen molar-refractivity contribution in [2.24, 2.45) is 0 Å². The van der Waals surface area contributed by atoms with E-state index in [9.17, 15) is 9.59 Å². The SMILES string of the molecule is CCN(CC)CCn1c(=O)[nH]c2scc(-c3ccc(OC)c(C)c3)c2c1=O. The van der Waals surface area contributed by atoms with Crippen molar-refractivity contribution in [3.8, 4) is 16.9 Å². The van der Waals surface area contributed by atoms with Gasteiger partial charge in [0.2, 0.25) is 0 Å². The molecule has 0 aliphatic heterocycles. The van der Waals surface area contributed by atoms with Gasteiger partial charge in [-0.1, -0.05) is 19.9 Å². The number of thiophene rings is 1. The molecule has 0 saturated carbocycles. The van der Waals surface area contributed by atoms with Crippen molar-refractivity contribution in [3.63, 3.8) is 0 Å². The Bertz CT molecular complexity index is 1060. The first-order chi connectivity index (χ1) is 13.0. The molecule has 0 radical (unpaired) electrons. The van der Waals surface area contributed by atoms with Gasteiger partial charge in [0.15, 0.2) is 0 Å². The average molecular weight is 388 g/mol. The predicted molar refractivity (Wildman–Crippen MR) is 111 cm³/mol. The van der Waals surface area contributed by atoms with Crippen LogP contribution in [0.3, 0.4) is 0 Å². The van der Waals surface area contributed by atoms with E-state index in [1.807, 2.05) is 30.5 Å². The maximum absolute atomic E-state index is 13.1. The Kier molecular flexibility index (Phi) is 5.82. The van der Waals surface area contributed by atoms with Crippen LogP contribution in [0.15, 0.2) is 33.2 Å². The van der Waals surface area contributed by atoms with E-state index in [1.54, 1.807) is 7.11 Å². The largest absolute Gasteiger partial charge is 0.496 e. The standard InChI is InChI=1S/C20H25N3O3S/c1-5-22(6-2)9-10-23-19(24)17-15(12-27-18(17)21-20(23)25)14-7-8-16(26-4)13(3)11-14/h7-8,11-12H,5-6,9-10H2,1-4H3,(H,21,25). The number of nitrogens with one attached hydrogen (secondary N) is 1. The molecule has 1 aromatic carbocycles. The van der Waals surface area contributed by atoms with Gasteiger partial charge in [-0.15, -0.1) is 11.3 Å². The number of aromatic nitrogens is 2. The fourth-order valence-corrected chi connectivity index (χ4v) is 4.25. The summed E-state index contributed by atoms with van der Waals surface area (Å²) in [6, 6.07) is 5.85. The minimum Gasteiger partial charge on any atom is -0.496 e. The van der Waals surface area contributed by atoms with E-state index >= 15 is 0 Å². The van der Waals surface area contributed by atoms with Crippen LogP contribution in [0.4, 0.5) is 0 Å². The molecule has 0 aliphatic rings. The van der Waals surface area contributed by atoms with Crippen molar-refractivity contribution in [3.05, 3.63) is 50.0 Å². The van der Waals surface area contributed by atoms with Crippen molar-refractivity contribution < 1.29 is 4.74 Å². The quantitative estimate of drug-likeness (QED) is 0.677. The normalized spacial score (nSPS) is 11.4. The number of hydrogen-bond donors (Lipinski definition) is 1. The first kappa shape index (κ1) is 19.4. The molecule has 0 bridgehead atoms. The lowest BCUT2D eigenvalue weighted by atomic mass is 10.0. The number of ether oxygens (including phenoxy) is 1. The molecule has 3 aromatic rings. The molecule has 0 unspecified atom stereocenters. The molecule has 144 valence electrons. The monoisotopic (exact) mass is 387 g/mol. The van der Waals surface area contributed by atoms with Crippen LogP contribution in [0, 0.1) is 6.92 Å². The first-order valence-electron chi connectivity index (χ1n) is 9.11. The molecule has 2 heterocycles. The Morgan fingerprint density at radius 2 is 1.96 bits per heavy atom. The van der Waals surface area contributed by atoms with E-state index < -0.39 is 0 Å². The zero-order valence-electron chi connectivity index (χ0n) is 16.2. The van der Waals surface area contributed by atoms with Crippen LogP contribution < -0.4 is 16.0 Å². The smallest absolute Gasteiger partial charge is 0.329 e. The van der Waals surface area contributed by atoms with Crippen LogP contribution >= 0.6 is 11.3 Å². The van der Waals surface area contributed by atoms with E-state index in [2.05, 4.69) is 23.7 Å². The lowest BCUT2D eigenvalue weighted by Crippen LogP contribution is -2.39. The fraction of sp³-hybridized carbons (Fsp3) is 0.400. The van der Waals surface area contributed by atoms with Crippen LogP contribution in [0.25, 0.3) is 21.3 Å². The maximum Gasteiger partial charge on any atom is 0.329 e. The highest BCUT2D eigenvalue weighted by Gasteiger charge is 2.16. The Morgan fingerprint density at radius 1 is 1.22 bits per heavy atom. The number of nitrogens with zero attached hydrogens (tertiary/aromatic N) is 2. The molecular formula is C20H25N3O3S. The highest BCUT2D eigenvalue weighted by atomic mass is 32.1. The summed E-state index contributed by atoms with van der Waals surface area (Å²) in [5, 5.41) is 2.50. The van der Waals surface area contributed by atoms with Gasteiger partial charge in [0.05, 0.1) is 12.5 Å². The van der Waals surface area contributed by atoms with Crippen LogP contribution in [0.1, 0.15) is 19.4 Å². The topological polar surface area (TPSA) is 67.3 Å². The van der Waals surface area contributed by atoms with Crippen molar-refractivity contribution in [1.82, 2.24) is 14.5 Å². The zero-order valence-corrected chi connectivity index (χ0v) is 17.0. The van der Waals surface area contributed by atoms with Gasteiger partial charge in [0, 0.05) is 24.0 Å². The summed E-state index contributed by atoms with van der Waals surface area (Å²) in [6.07, 6.45) is 0. The number of hydrogen-bond acceptors (Lipinski definition) is 5. The number of fused-ring (bicyclic) bond motifs is 1. The Morgan fingerprint density at radius 3 is 2.59 bits per heavy atom. The third-order valence-electron chi connectivity index (χ3n) is 4.96. The van der Waals surface area contributed by atoms with Crippen LogP contribution in [-0.2, 0) is 6.54 Å². The van der Waals surface area contributed by atoms with E-state index in [-0.39, 0.29) is 11.2 Å². The number of aryl methyl sites for hydroxylation is 1. The molecule has 6 nitrogen and oxygen atoms in total.